The normalized spacial score (nSPS) is 18.2. The highest BCUT2D eigenvalue weighted by atomic mass is 35.5. The number of carbonyl (C=O) groups excluding carboxylic acids is 1. The van der Waals surface area contributed by atoms with E-state index in [1.165, 1.54) is 18.3 Å². The maximum Gasteiger partial charge on any atom is 0.335 e. The van der Waals surface area contributed by atoms with Gasteiger partial charge in [-0.15, -0.1) is 0 Å². The first-order chi connectivity index (χ1) is 17.8. The van der Waals surface area contributed by atoms with Crippen LogP contribution in [0.15, 0.2) is 60.8 Å². The van der Waals surface area contributed by atoms with Gasteiger partial charge in [0.2, 0.25) is 0 Å². The molecular weight excluding hydrogens is 497 g/mol. The molecule has 7 nitrogen and oxygen atoms in total. The van der Waals surface area contributed by atoms with Gasteiger partial charge in [0.1, 0.15) is 17.4 Å². The van der Waals surface area contributed by atoms with Gasteiger partial charge in [-0.2, -0.15) is 0 Å². The zero-order valence-electron chi connectivity index (χ0n) is 20.1. The summed E-state index contributed by atoms with van der Waals surface area (Å²) in [5.41, 5.74) is 0.938. The Hall–Kier alpha value is -3.65. The molecule has 1 aromatic heterocycles. The smallest absolute Gasteiger partial charge is 0.335 e. The van der Waals surface area contributed by atoms with E-state index in [2.05, 4.69) is 15.2 Å². The second kappa shape index (κ2) is 10.4. The number of piperidine rings is 1. The van der Waals surface area contributed by atoms with E-state index in [9.17, 15) is 19.1 Å². The summed E-state index contributed by atoms with van der Waals surface area (Å²) < 4.78 is 19.3. The van der Waals surface area contributed by atoms with E-state index in [1.54, 1.807) is 42.5 Å². The van der Waals surface area contributed by atoms with Crippen LogP contribution in [0.1, 0.15) is 52.0 Å². The van der Waals surface area contributed by atoms with Crippen molar-refractivity contribution in [2.45, 2.75) is 31.2 Å². The van der Waals surface area contributed by atoms with Crippen LogP contribution < -0.4 is 15.0 Å². The van der Waals surface area contributed by atoms with Gasteiger partial charge < -0.3 is 20.1 Å². The number of pyridine rings is 1. The minimum absolute atomic E-state index is 0.188. The molecule has 2 fully saturated rings. The Morgan fingerprint density at radius 1 is 1.19 bits per heavy atom. The molecule has 1 unspecified atom stereocenters. The van der Waals surface area contributed by atoms with Crippen molar-refractivity contribution in [2.75, 3.05) is 24.6 Å². The van der Waals surface area contributed by atoms with Crippen LogP contribution in [-0.4, -0.2) is 41.7 Å². The lowest BCUT2D eigenvalue weighted by molar-refractivity contribution is 0.0696. The molecular formula is C28H27ClFN3O4. The number of carboxylic acids is 1. The molecule has 2 aliphatic rings. The van der Waals surface area contributed by atoms with Gasteiger partial charge in [-0.25, -0.2) is 14.2 Å². The van der Waals surface area contributed by atoms with E-state index in [0.29, 0.717) is 35.3 Å². The fourth-order valence-electron chi connectivity index (χ4n) is 4.84. The average molecular weight is 524 g/mol. The number of nitrogens with one attached hydrogen (secondary N) is 1. The average Bonchev–Trinajstić information content (AvgIpc) is 3.68. The summed E-state index contributed by atoms with van der Waals surface area (Å²) in [5.74, 6) is -0.357. The van der Waals surface area contributed by atoms with E-state index in [0.717, 1.165) is 37.8 Å². The maximum atomic E-state index is 13.5. The Morgan fingerprint density at radius 3 is 2.68 bits per heavy atom. The first-order valence-corrected chi connectivity index (χ1v) is 12.7. The molecule has 1 aliphatic carbocycles. The van der Waals surface area contributed by atoms with Crippen molar-refractivity contribution < 1.29 is 23.8 Å². The highest BCUT2D eigenvalue weighted by Gasteiger charge is 2.46. The number of rotatable bonds is 8. The van der Waals surface area contributed by atoms with Crippen molar-refractivity contribution in [3.8, 4) is 5.75 Å². The highest BCUT2D eigenvalue weighted by Crippen LogP contribution is 2.46. The number of halogens is 2. The molecule has 2 heterocycles. The third-order valence-corrected chi connectivity index (χ3v) is 7.17. The molecule has 0 radical (unpaired) electrons. The first kappa shape index (κ1) is 25.0. The summed E-state index contributed by atoms with van der Waals surface area (Å²) in [5, 5.41) is 12.7. The monoisotopic (exact) mass is 523 g/mol. The number of ether oxygens (including phenoxy) is 1. The van der Waals surface area contributed by atoms with E-state index in [1.807, 2.05) is 0 Å². The first-order valence-electron chi connectivity index (χ1n) is 12.3. The molecule has 37 heavy (non-hydrogen) atoms. The van der Waals surface area contributed by atoms with E-state index >= 15 is 0 Å². The van der Waals surface area contributed by atoms with Gasteiger partial charge in [-0.05, 0) is 61.6 Å². The second-order valence-corrected chi connectivity index (χ2v) is 10.1. The van der Waals surface area contributed by atoms with Crippen LogP contribution in [0.2, 0.25) is 5.02 Å². The number of amides is 1. The van der Waals surface area contributed by atoms with Gasteiger partial charge in [-0.3, -0.25) is 4.79 Å². The molecule has 9 heteroatoms. The molecule has 2 N–H and O–H groups in total. The summed E-state index contributed by atoms with van der Waals surface area (Å²) in [4.78, 5) is 31.3. The number of carboxylic acid groups (broad SMARTS) is 1. The predicted molar refractivity (Wildman–Crippen MR) is 138 cm³/mol. The zero-order chi connectivity index (χ0) is 26.0. The fraction of sp³-hybridized carbons (Fsp3) is 0.321. The highest BCUT2D eigenvalue weighted by molar-refractivity contribution is 6.31. The van der Waals surface area contributed by atoms with Gasteiger partial charge in [0.05, 0.1) is 28.3 Å². The van der Waals surface area contributed by atoms with Gasteiger partial charge >= 0.3 is 5.97 Å². The van der Waals surface area contributed by atoms with Gasteiger partial charge in [0.15, 0.2) is 0 Å². The van der Waals surface area contributed by atoms with Crippen LogP contribution in [0.25, 0.3) is 0 Å². The Bertz CT molecular complexity index is 1310. The van der Waals surface area contributed by atoms with Gasteiger partial charge in [0, 0.05) is 31.3 Å². The van der Waals surface area contributed by atoms with Crippen LogP contribution >= 0.6 is 11.6 Å². The summed E-state index contributed by atoms with van der Waals surface area (Å²) in [6.45, 7) is 1.82. The second-order valence-electron chi connectivity index (χ2n) is 9.67. The number of anilines is 1. The molecule has 1 amide bonds. The third-order valence-electron chi connectivity index (χ3n) is 6.97. The summed E-state index contributed by atoms with van der Waals surface area (Å²) in [6.07, 6.45) is 4.92. The van der Waals surface area contributed by atoms with Crippen molar-refractivity contribution in [3.05, 3.63) is 88.3 Å². The molecule has 1 saturated heterocycles. The third kappa shape index (κ3) is 5.69. The molecule has 1 saturated carbocycles. The standard InChI is InChI=1S/C28H27ClFN3O4/c29-21-13-24(26(34)32-28(10-11-28)20-8-6-19(7-9-20)27(35)36)25(31-15-21)33-12-2-3-18(16-33)17-37-23-5-1-4-22(30)14-23/h1,4-9,13-15,18H,2-3,10-12,16-17H2,(H,32,34)(H,35,36). The largest absolute Gasteiger partial charge is 0.493 e. The molecule has 5 rings (SSSR count). The molecule has 2 aromatic carbocycles. The maximum absolute atomic E-state index is 13.5. The molecule has 1 aliphatic heterocycles. The molecule has 0 spiro atoms. The summed E-state index contributed by atoms with van der Waals surface area (Å²) in [7, 11) is 0. The Kier molecular flexibility index (Phi) is 7.02. The lowest BCUT2D eigenvalue weighted by atomic mass is 9.98. The van der Waals surface area contributed by atoms with Crippen LogP contribution in [0.3, 0.4) is 0 Å². The SMILES string of the molecule is O=C(O)c1ccc(C2(NC(=O)c3cc(Cl)cnc3N3CCCC(COc4cccc(F)c4)C3)CC2)cc1. The Morgan fingerprint density at radius 2 is 1.97 bits per heavy atom. The van der Waals surface area contributed by atoms with E-state index < -0.39 is 11.5 Å². The van der Waals surface area contributed by atoms with Crippen molar-refractivity contribution in [1.82, 2.24) is 10.3 Å². The lowest BCUT2D eigenvalue weighted by Gasteiger charge is -2.34. The number of carbonyl (C=O) groups is 2. The number of aromatic carboxylic acids is 1. The summed E-state index contributed by atoms with van der Waals surface area (Å²) >= 11 is 6.24. The van der Waals surface area contributed by atoms with Gasteiger partial charge in [-0.1, -0.05) is 29.8 Å². The minimum atomic E-state index is -0.990. The van der Waals surface area contributed by atoms with Crippen molar-refractivity contribution >= 4 is 29.3 Å². The number of nitrogens with zero attached hydrogens (tertiary/aromatic N) is 2. The van der Waals surface area contributed by atoms with Gasteiger partial charge in [0.25, 0.3) is 5.91 Å². The Labute approximate surface area is 219 Å². The fourth-order valence-corrected chi connectivity index (χ4v) is 5.00. The molecule has 192 valence electrons. The van der Waals surface area contributed by atoms with Crippen molar-refractivity contribution in [2.24, 2.45) is 5.92 Å². The molecule has 3 aromatic rings. The van der Waals surface area contributed by atoms with E-state index in [-0.39, 0.29) is 23.2 Å². The number of benzene rings is 2. The topological polar surface area (TPSA) is 91.8 Å². The Balaban J connectivity index is 1.30. The van der Waals surface area contributed by atoms with Crippen molar-refractivity contribution in [3.63, 3.8) is 0 Å². The summed E-state index contributed by atoms with van der Waals surface area (Å²) in [6, 6.07) is 14.3. The number of hydrogen-bond donors (Lipinski definition) is 2. The quantitative estimate of drug-likeness (QED) is 0.417. The zero-order valence-corrected chi connectivity index (χ0v) is 20.9. The number of aromatic nitrogens is 1. The lowest BCUT2D eigenvalue weighted by Crippen LogP contribution is -2.41. The predicted octanol–water partition coefficient (Wildman–Crippen LogP) is 5.29. The molecule has 0 bridgehead atoms. The number of hydrogen-bond acceptors (Lipinski definition) is 5. The van der Waals surface area contributed by atoms with Crippen LogP contribution in [0, 0.1) is 11.7 Å². The van der Waals surface area contributed by atoms with Crippen LogP contribution in [0.5, 0.6) is 5.75 Å². The van der Waals surface area contributed by atoms with Crippen molar-refractivity contribution in [1.29, 1.82) is 0 Å². The molecule has 1 atom stereocenters. The minimum Gasteiger partial charge on any atom is -0.493 e. The van der Waals surface area contributed by atoms with Crippen LogP contribution in [0.4, 0.5) is 10.2 Å². The van der Waals surface area contributed by atoms with Crippen LogP contribution in [-0.2, 0) is 5.54 Å². The van der Waals surface area contributed by atoms with E-state index in [4.69, 9.17) is 16.3 Å².